The Bertz CT molecular complexity index is 962. The van der Waals surface area contributed by atoms with Gasteiger partial charge in [0, 0.05) is 25.2 Å². The van der Waals surface area contributed by atoms with Gasteiger partial charge in [-0.3, -0.25) is 0 Å². The van der Waals surface area contributed by atoms with E-state index < -0.39 is 129 Å². The van der Waals surface area contributed by atoms with Gasteiger partial charge in [0.15, 0.2) is 18.9 Å². The van der Waals surface area contributed by atoms with Gasteiger partial charge in [-0.15, -0.1) is 0 Å². The minimum atomic E-state index is -1.60. The Morgan fingerprint density at radius 3 is 1.93 bits per heavy atom. The zero-order valence-electron chi connectivity index (χ0n) is 24.7. The molecule has 0 bridgehead atoms. The molecule has 0 aromatic rings. The van der Waals surface area contributed by atoms with Crippen molar-refractivity contribution in [3.63, 3.8) is 0 Å². The quantitative estimate of drug-likeness (QED) is 0.115. The monoisotopic (exact) mass is 655 g/mol. The van der Waals surface area contributed by atoms with E-state index in [1.807, 2.05) is 0 Å². The molecule has 0 radical (unpaired) electrons. The number of rotatable bonds is 8. The van der Waals surface area contributed by atoms with Gasteiger partial charge in [-0.2, -0.15) is 0 Å². The first-order valence-corrected chi connectivity index (χ1v) is 15.3. The fraction of sp³-hybridized carbons (Fsp3) is 1.00. The fourth-order valence-electron chi connectivity index (χ4n) is 6.67. The molecule has 4 heterocycles. The van der Waals surface area contributed by atoms with Crippen molar-refractivity contribution in [2.45, 2.75) is 142 Å². The third-order valence-corrected chi connectivity index (χ3v) is 9.38. The minimum absolute atomic E-state index is 0.0977. The van der Waals surface area contributed by atoms with Crippen LogP contribution in [0.2, 0.25) is 0 Å². The highest BCUT2D eigenvalue weighted by Crippen LogP contribution is 2.35. The van der Waals surface area contributed by atoms with Crippen LogP contribution in [0, 0.1) is 0 Å². The Kier molecular flexibility index (Phi) is 11.7. The van der Waals surface area contributed by atoms with E-state index in [0.717, 1.165) is 0 Å². The molecule has 17 N–H and O–H groups in total. The molecule has 4 aliphatic heterocycles. The number of aliphatic hydroxyl groups is 7. The zero-order chi connectivity index (χ0) is 32.7. The molecule has 0 unspecified atom stereocenters. The summed E-state index contributed by atoms with van der Waals surface area (Å²) in [6, 6.07) is -4.08. The van der Waals surface area contributed by atoms with E-state index in [-0.39, 0.29) is 13.0 Å². The Hall–Kier alpha value is -0.760. The molecule has 5 aliphatic rings. The lowest BCUT2D eigenvalue weighted by molar-refractivity contribution is -0.317. The summed E-state index contributed by atoms with van der Waals surface area (Å²) >= 11 is 0. The Balaban J connectivity index is 1.31. The number of aliphatic hydroxyl groups excluding tert-OH is 7. The molecule has 45 heavy (non-hydrogen) atoms. The van der Waals surface area contributed by atoms with E-state index in [0.29, 0.717) is 19.4 Å². The summed E-state index contributed by atoms with van der Waals surface area (Å²) in [4.78, 5) is 0. The molecular weight excluding hydrogens is 606 g/mol. The average molecular weight is 656 g/mol. The molecule has 19 nitrogen and oxygen atoms in total. The molecule has 5 rings (SSSR count). The molecule has 20 atom stereocenters. The van der Waals surface area contributed by atoms with Gasteiger partial charge in [-0.1, -0.05) is 0 Å². The number of fused-ring (bicyclic) bond motifs is 1. The molecule has 19 heteroatoms. The highest BCUT2D eigenvalue weighted by molar-refractivity contribution is 5.03. The van der Waals surface area contributed by atoms with Crippen LogP contribution in [0.3, 0.4) is 0 Å². The molecule has 0 aromatic carbocycles. The lowest BCUT2D eigenvalue weighted by Crippen LogP contribution is -2.68. The van der Waals surface area contributed by atoms with Crippen LogP contribution in [-0.4, -0.2) is 178 Å². The van der Waals surface area contributed by atoms with Crippen molar-refractivity contribution >= 4 is 0 Å². The maximum atomic E-state index is 11.2. The van der Waals surface area contributed by atoms with Crippen molar-refractivity contribution in [1.29, 1.82) is 0 Å². The second kappa shape index (κ2) is 14.8. The van der Waals surface area contributed by atoms with E-state index in [2.05, 4.69) is 0 Å². The normalized spacial score (nSPS) is 54.4. The third-order valence-electron chi connectivity index (χ3n) is 9.38. The molecule has 5 fully saturated rings. The predicted molar refractivity (Wildman–Crippen MR) is 148 cm³/mol. The summed E-state index contributed by atoms with van der Waals surface area (Å²) < 4.78 is 41.0. The van der Waals surface area contributed by atoms with Crippen molar-refractivity contribution < 1.29 is 68.9 Å². The highest BCUT2D eigenvalue weighted by Gasteiger charge is 2.55. The van der Waals surface area contributed by atoms with Crippen LogP contribution in [0.15, 0.2) is 0 Å². The van der Waals surface area contributed by atoms with Crippen LogP contribution >= 0.6 is 0 Å². The average Bonchev–Trinajstić information content (AvgIpc) is 3.18. The summed E-state index contributed by atoms with van der Waals surface area (Å²) in [6.45, 7) is -0.497. The summed E-state index contributed by atoms with van der Waals surface area (Å²) in [5.41, 5.74) is 30.4. The van der Waals surface area contributed by atoms with Crippen molar-refractivity contribution in [1.82, 2.24) is 0 Å². The minimum Gasteiger partial charge on any atom is -0.394 e. The van der Waals surface area contributed by atoms with E-state index in [1.165, 1.54) is 0 Å². The molecule has 262 valence electrons. The fourth-order valence-corrected chi connectivity index (χ4v) is 6.67. The van der Waals surface area contributed by atoms with Crippen LogP contribution in [0.4, 0.5) is 0 Å². The van der Waals surface area contributed by atoms with E-state index in [1.54, 1.807) is 0 Å². The lowest BCUT2D eigenvalue weighted by atomic mass is 9.84. The van der Waals surface area contributed by atoms with Crippen LogP contribution < -0.4 is 28.7 Å². The van der Waals surface area contributed by atoms with E-state index >= 15 is 0 Å². The van der Waals surface area contributed by atoms with Crippen molar-refractivity contribution in [2.24, 2.45) is 28.7 Å². The summed E-state index contributed by atoms with van der Waals surface area (Å²) in [5, 5.41) is 74.3. The number of hydrogen-bond acceptors (Lipinski definition) is 19. The van der Waals surface area contributed by atoms with E-state index in [4.69, 9.17) is 61.8 Å². The van der Waals surface area contributed by atoms with Gasteiger partial charge in [-0.05, 0) is 19.3 Å². The van der Waals surface area contributed by atoms with Gasteiger partial charge in [0.2, 0.25) is 0 Å². The van der Waals surface area contributed by atoms with Crippen LogP contribution in [0.25, 0.3) is 0 Å². The first-order chi connectivity index (χ1) is 21.4. The molecule has 0 amide bonds. The molecule has 0 aromatic heterocycles. The smallest absolute Gasteiger partial charge is 0.187 e. The number of nitrogens with two attached hydrogens (primary N) is 5. The second-order valence-corrected chi connectivity index (χ2v) is 12.5. The highest BCUT2D eigenvalue weighted by atomic mass is 16.8. The van der Waals surface area contributed by atoms with Crippen molar-refractivity contribution in [2.75, 3.05) is 19.8 Å². The van der Waals surface area contributed by atoms with Crippen LogP contribution in [-0.2, 0) is 33.2 Å². The molecule has 4 saturated heterocycles. The van der Waals surface area contributed by atoms with E-state index in [9.17, 15) is 35.7 Å². The van der Waals surface area contributed by atoms with Crippen molar-refractivity contribution in [3.05, 3.63) is 0 Å². The Morgan fingerprint density at radius 2 is 1.24 bits per heavy atom. The van der Waals surface area contributed by atoms with Gasteiger partial charge >= 0.3 is 0 Å². The molecule has 0 spiro atoms. The van der Waals surface area contributed by atoms with Crippen molar-refractivity contribution in [3.8, 4) is 0 Å². The SMILES string of the molecule is NC[C@@H]1O[C@H](O[C@H]2[C@@H](O)[C@H](O[C@@H]3[C@@H](O)[C@H](N)C[C@H](N)[C@H]3O[C@H]3O[C@H]4[C@@H](OCCC[C@@H]4O)[C@H](O)[C@H]3N)O[C@@H]2CO)[C@H](N)[C@@H](O)[C@@H]1O. The van der Waals surface area contributed by atoms with Gasteiger partial charge in [-0.25, -0.2) is 0 Å². The van der Waals surface area contributed by atoms with Crippen LogP contribution in [0.1, 0.15) is 19.3 Å². The van der Waals surface area contributed by atoms with Gasteiger partial charge in [0.1, 0.15) is 67.1 Å². The van der Waals surface area contributed by atoms with Gasteiger partial charge in [0.25, 0.3) is 0 Å². The number of ether oxygens (including phenoxy) is 7. The summed E-state index contributed by atoms with van der Waals surface area (Å²) in [5.74, 6) is 0. The first-order valence-electron chi connectivity index (χ1n) is 15.3. The second-order valence-electron chi connectivity index (χ2n) is 12.5. The molecule has 1 saturated carbocycles. The number of hydrogen-bond donors (Lipinski definition) is 12. The topological polar surface area (TPSA) is 336 Å². The van der Waals surface area contributed by atoms with Gasteiger partial charge in [0.05, 0.1) is 30.9 Å². The maximum absolute atomic E-state index is 11.2. The predicted octanol–water partition coefficient (Wildman–Crippen LogP) is -7.68. The summed E-state index contributed by atoms with van der Waals surface area (Å²) in [6.07, 6.45) is -19.0. The Morgan fingerprint density at radius 1 is 0.622 bits per heavy atom. The maximum Gasteiger partial charge on any atom is 0.187 e. The summed E-state index contributed by atoms with van der Waals surface area (Å²) in [7, 11) is 0. The first kappa shape index (κ1) is 35.5. The Labute approximate surface area is 259 Å². The lowest BCUT2D eigenvalue weighted by Gasteiger charge is -2.48. The van der Waals surface area contributed by atoms with Gasteiger partial charge < -0.3 is 97.6 Å². The third kappa shape index (κ3) is 7.04. The standard InChI is InChI=1S/C26H49N5O14/c27-5-10-15(35)16(36)12(30)24(40-10)44-21-11(6-32)41-26(18(21)38)45-23-14(34)7(28)4-8(29)19(23)42-25-13(31)17(37)22-20(43-25)9(33)2-1-3-39-22/h7-26,32-38H,1-6,27-31H2/t7-,8+,9+,10+,11-,12-,13-,14+,15-,16-,17-,18-,19-,20-,21-,22+,23-,24-,25+,26+/m1/s1. The largest absolute Gasteiger partial charge is 0.394 e. The zero-order valence-corrected chi connectivity index (χ0v) is 24.7. The molecule has 1 aliphatic carbocycles. The molecular formula is C26H49N5O14. The van der Waals surface area contributed by atoms with Crippen LogP contribution in [0.5, 0.6) is 0 Å².